The van der Waals surface area contributed by atoms with E-state index in [4.69, 9.17) is 9.47 Å². The number of hydrogen-bond donors (Lipinski definition) is 0. The van der Waals surface area contributed by atoms with Crippen LogP contribution in [-0.4, -0.2) is 25.8 Å². The van der Waals surface area contributed by atoms with Crippen molar-refractivity contribution < 1.29 is 19.1 Å². The number of ketones is 2. The molecular weight excluding hydrogens is 288 g/mol. The van der Waals surface area contributed by atoms with E-state index >= 15 is 0 Å². The summed E-state index contributed by atoms with van der Waals surface area (Å²) in [4.78, 5) is 24.1. The van der Waals surface area contributed by atoms with Crippen LogP contribution in [0, 0.1) is 0 Å². The Morgan fingerprint density at radius 2 is 1.76 bits per heavy atom. The highest BCUT2D eigenvalue weighted by atomic mass is 79.9. The summed E-state index contributed by atoms with van der Waals surface area (Å²) in [7, 11) is 2.80. The molecule has 1 aromatic rings. The second-order valence-electron chi connectivity index (χ2n) is 3.39. The largest absolute Gasteiger partial charge is 0.496 e. The average Bonchev–Trinajstić information content (AvgIpc) is 2.36. The van der Waals surface area contributed by atoms with E-state index in [9.17, 15) is 9.59 Å². The zero-order valence-corrected chi connectivity index (χ0v) is 10.8. The van der Waals surface area contributed by atoms with Crippen molar-refractivity contribution in [3.63, 3.8) is 0 Å². The van der Waals surface area contributed by atoms with Crippen molar-refractivity contribution in [3.05, 3.63) is 39.6 Å². The standard InChI is InChI=1S/C12H9BrO4/c1-16-7-5-3-4-6-8(7)11(15)12(17-2)9(13)10(6)14/h3-5H,1-2H3. The number of halogens is 1. The highest BCUT2D eigenvalue weighted by Gasteiger charge is 2.34. The fourth-order valence-corrected chi connectivity index (χ4v) is 2.30. The fraction of sp³-hybridized carbons (Fsp3) is 0.167. The molecule has 4 nitrogen and oxygen atoms in total. The maximum absolute atomic E-state index is 12.1. The number of fused-ring (bicyclic) bond motifs is 1. The Morgan fingerprint density at radius 3 is 2.35 bits per heavy atom. The minimum atomic E-state index is -0.355. The van der Waals surface area contributed by atoms with Gasteiger partial charge in [-0.3, -0.25) is 9.59 Å². The monoisotopic (exact) mass is 296 g/mol. The first-order chi connectivity index (χ1) is 8.11. The smallest absolute Gasteiger partial charge is 0.233 e. The quantitative estimate of drug-likeness (QED) is 0.840. The van der Waals surface area contributed by atoms with Crippen molar-refractivity contribution in [3.8, 4) is 5.75 Å². The number of benzene rings is 1. The molecule has 1 aromatic carbocycles. The predicted molar refractivity (Wildman–Crippen MR) is 64.6 cm³/mol. The molecule has 0 bridgehead atoms. The molecule has 0 spiro atoms. The fourth-order valence-electron chi connectivity index (χ4n) is 1.74. The lowest BCUT2D eigenvalue weighted by molar-refractivity contribution is 0.0911. The molecule has 0 aromatic heterocycles. The topological polar surface area (TPSA) is 52.6 Å². The van der Waals surface area contributed by atoms with Gasteiger partial charge in [0, 0.05) is 5.56 Å². The predicted octanol–water partition coefficient (Wildman–Crippen LogP) is 2.33. The zero-order valence-electron chi connectivity index (χ0n) is 9.24. The highest BCUT2D eigenvalue weighted by Crippen LogP contribution is 2.34. The van der Waals surface area contributed by atoms with Crippen molar-refractivity contribution in [2.24, 2.45) is 0 Å². The number of hydrogen-bond acceptors (Lipinski definition) is 4. The molecule has 0 N–H and O–H groups in total. The Bertz CT molecular complexity index is 545. The Balaban J connectivity index is 2.73. The number of methoxy groups -OCH3 is 2. The molecule has 2 rings (SSSR count). The molecule has 5 heteroatoms. The maximum atomic E-state index is 12.1. The Kier molecular flexibility index (Phi) is 3.02. The van der Waals surface area contributed by atoms with Crippen LogP contribution in [-0.2, 0) is 4.74 Å². The summed E-state index contributed by atoms with van der Waals surface area (Å²) >= 11 is 3.08. The third-order valence-corrected chi connectivity index (χ3v) is 3.25. The molecule has 0 aliphatic heterocycles. The molecule has 88 valence electrons. The number of carbonyl (C=O) groups is 2. The van der Waals surface area contributed by atoms with E-state index in [2.05, 4.69) is 15.9 Å². The van der Waals surface area contributed by atoms with E-state index in [-0.39, 0.29) is 27.4 Å². The van der Waals surface area contributed by atoms with E-state index in [1.807, 2.05) is 0 Å². The van der Waals surface area contributed by atoms with Gasteiger partial charge in [0.15, 0.2) is 5.76 Å². The molecule has 0 saturated carbocycles. The molecule has 1 aliphatic carbocycles. The summed E-state index contributed by atoms with van der Waals surface area (Å²) < 4.78 is 10.2. The normalized spacial score (nSPS) is 14.8. The van der Waals surface area contributed by atoms with Gasteiger partial charge < -0.3 is 9.47 Å². The summed E-state index contributed by atoms with van der Waals surface area (Å²) in [5.74, 6) is -0.260. The Labute approximate surface area is 106 Å². The molecule has 0 radical (unpaired) electrons. The number of rotatable bonds is 2. The van der Waals surface area contributed by atoms with E-state index in [1.54, 1.807) is 18.2 Å². The van der Waals surface area contributed by atoms with Gasteiger partial charge in [0.1, 0.15) is 10.2 Å². The van der Waals surface area contributed by atoms with Gasteiger partial charge in [-0.15, -0.1) is 0 Å². The maximum Gasteiger partial charge on any atom is 0.233 e. The molecule has 0 amide bonds. The van der Waals surface area contributed by atoms with Gasteiger partial charge in [-0.05, 0) is 28.1 Å². The lowest BCUT2D eigenvalue weighted by atomic mass is 9.92. The number of ether oxygens (including phenoxy) is 2. The SMILES string of the molecule is COC1=C(Br)C(=O)c2cccc(OC)c2C1=O. The second kappa shape index (κ2) is 4.33. The highest BCUT2D eigenvalue weighted by molar-refractivity contribution is 9.12. The lowest BCUT2D eigenvalue weighted by Gasteiger charge is -2.18. The first-order valence-corrected chi connectivity index (χ1v) is 5.61. The summed E-state index contributed by atoms with van der Waals surface area (Å²) in [5.41, 5.74) is 0.571. The third-order valence-electron chi connectivity index (χ3n) is 2.53. The van der Waals surface area contributed by atoms with Gasteiger partial charge >= 0.3 is 0 Å². The average molecular weight is 297 g/mol. The van der Waals surface area contributed by atoms with Crippen LogP contribution in [0.4, 0.5) is 0 Å². The van der Waals surface area contributed by atoms with Crippen molar-refractivity contribution in [2.45, 2.75) is 0 Å². The van der Waals surface area contributed by atoms with Gasteiger partial charge in [0.25, 0.3) is 0 Å². The molecule has 0 saturated heterocycles. The van der Waals surface area contributed by atoms with Gasteiger partial charge in [0.2, 0.25) is 11.6 Å². The first-order valence-electron chi connectivity index (χ1n) is 4.82. The van der Waals surface area contributed by atoms with Gasteiger partial charge in [-0.1, -0.05) is 6.07 Å². The number of carbonyl (C=O) groups excluding carboxylic acids is 2. The van der Waals surface area contributed by atoms with Crippen LogP contribution in [0.3, 0.4) is 0 Å². The molecular formula is C12H9BrO4. The Hall–Kier alpha value is -1.62. The van der Waals surface area contributed by atoms with Gasteiger partial charge in [-0.2, -0.15) is 0 Å². The molecule has 1 aliphatic rings. The molecule has 0 fully saturated rings. The van der Waals surface area contributed by atoms with Crippen LogP contribution in [0.1, 0.15) is 20.7 Å². The van der Waals surface area contributed by atoms with E-state index < -0.39 is 0 Å². The Morgan fingerprint density at radius 1 is 1.06 bits per heavy atom. The summed E-state index contributed by atoms with van der Waals surface area (Å²) in [6, 6.07) is 4.89. The molecule has 17 heavy (non-hydrogen) atoms. The van der Waals surface area contributed by atoms with Crippen LogP contribution in [0.15, 0.2) is 28.4 Å². The van der Waals surface area contributed by atoms with Crippen molar-refractivity contribution in [2.75, 3.05) is 14.2 Å². The summed E-state index contributed by atoms with van der Waals surface area (Å²) in [6.07, 6.45) is 0. The van der Waals surface area contributed by atoms with Crippen LogP contribution in [0.25, 0.3) is 0 Å². The van der Waals surface area contributed by atoms with Gasteiger partial charge in [-0.25, -0.2) is 0 Å². The van der Waals surface area contributed by atoms with Crippen LogP contribution in [0.5, 0.6) is 5.75 Å². The molecule has 0 atom stereocenters. The first kappa shape index (κ1) is 11.9. The minimum Gasteiger partial charge on any atom is -0.496 e. The summed E-state index contributed by atoms with van der Waals surface area (Å²) in [6.45, 7) is 0. The molecule has 0 heterocycles. The van der Waals surface area contributed by atoms with Crippen molar-refractivity contribution in [1.82, 2.24) is 0 Å². The zero-order chi connectivity index (χ0) is 12.6. The van der Waals surface area contributed by atoms with Crippen molar-refractivity contribution >= 4 is 27.5 Å². The molecule has 0 unspecified atom stereocenters. The van der Waals surface area contributed by atoms with Crippen LogP contribution >= 0.6 is 15.9 Å². The third kappa shape index (κ3) is 1.67. The van der Waals surface area contributed by atoms with Crippen LogP contribution < -0.4 is 4.74 Å². The van der Waals surface area contributed by atoms with E-state index in [0.717, 1.165) is 0 Å². The minimum absolute atomic E-state index is 0.00648. The van der Waals surface area contributed by atoms with E-state index in [0.29, 0.717) is 11.3 Å². The lowest BCUT2D eigenvalue weighted by Crippen LogP contribution is -2.21. The van der Waals surface area contributed by atoms with Crippen molar-refractivity contribution in [1.29, 1.82) is 0 Å². The summed E-state index contributed by atoms with van der Waals surface area (Å²) in [5, 5.41) is 0. The van der Waals surface area contributed by atoms with Gasteiger partial charge in [0.05, 0.1) is 19.8 Å². The van der Waals surface area contributed by atoms with Crippen LogP contribution in [0.2, 0.25) is 0 Å². The van der Waals surface area contributed by atoms with E-state index in [1.165, 1.54) is 14.2 Å². The number of allylic oxidation sites excluding steroid dienone is 2. The second-order valence-corrected chi connectivity index (χ2v) is 4.18. The number of Topliss-reactive ketones (excluding diaryl/α,β-unsaturated/α-hetero) is 2.